The van der Waals surface area contributed by atoms with Crippen LogP contribution in [0.4, 0.5) is 4.79 Å². The molecule has 0 aromatic heterocycles. The predicted octanol–water partition coefficient (Wildman–Crippen LogP) is 3.21. The summed E-state index contributed by atoms with van der Waals surface area (Å²) in [5.74, 6) is -2.17. The van der Waals surface area contributed by atoms with E-state index in [0.29, 0.717) is 13.0 Å². The summed E-state index contributed by atoms with van der Waals surface area (Å²) in [6.45, 7) is 4.63. The summed E-state index contributed by atoms with van der Waals surface area (Å²) in [6, 6.07) is -2.52. The lowest BCUT2D eigenvalue weighted by molar-refractivity contribution is -0.144. The molecule has 0 bridgehead atoms. The lowest BCUT2D eigenvalue weighted by atomic mass is 9.80. The number of ether oxygens (including phenoxy) is 1. The maximum absolute atomic E-state index is 14.3. The van der Waals surface area contributed by atoms with Crippen molar-refractivity contribution in [2.75, 3.05) is 6.54 Å². The molecule has 10 nitrogen and oxygen atoms in total. The normalized spacial score (nSPS) is 29.4. The zero-order valence-electron chi connectivity index (χ0n) is 24.7. The van der Waals surface area contributed by atoms with Crippen molar-refractivity contribution in [1.29, 1.82) is 0 Å². The van der Waals surface area contributed by atoms with Gasteiger partial charge in [-0.05, 0) is 74.0 Å². The van der Waals surface area contributed by atoms with E-state index in [-0.39, 0.29) is 41.1 Å². The highest BCUT2D eigenvalue weighted by Crippen LogP contribution is 2.65. The minimum atomic E-state index is -1.06. The van der Waals surface area contributed by atoms with Crippen molar-refractivity contribution < 1.29 is 28.7 Å². The van der Waals surface area contributed by atoms with Crippen LogP contribution in [0.3, 0.4) is 0 Å². The maximum atomic E-state index is 14.3. The van der Waals surface area contributed by atoms with Gasteiger partial charge in [0.2, 0.25) is 17.6 Å². The van der Waals surface area contributed by atoms with Crippen LogP contribution in [0.1, 0.15) is 104 Å². The van der Waals surface area contributed by atoms with Crippen molar-refractivity contribution in [1.82, 2.24) is 15.5 Å². The molecule has 1 saturated heterocycles. The van der Waals surface area contributed by atoms with Gasteiger partial charge in [-0.25, -0.2) is 4.79 Å². The van der Waals surface area contributed by atoms with Crippen molar-refractivity contribution in [2.45, 2.75) is 128 Å². The molecule has 41 heavy (non-hydrogen) atoms. The van der Waals surface area contributed by atoms with Gasteiger partial charge in [-0.3, -0.25) is 19.2 Å². The number of hydrogen-bond acceptors (Lipinski definition) is 6. The molecule has 5 rings (SSSR count). The molecule has 0 spiro atoms. The molecule has 228 valence electrons. The van der Waals surface area contributed by atoms with Gasteiger partial charge < -0.3 is 26.0 Å². The first-order chi connectivity index (χ1) is 19.6. The van der Waals surface area contributed by atoms with E-state index < -0.39 is 41.8 Å². The number of hydrogen-bond donors (Lipinski definition) is 3. The molecular weight excluding hydrogens is 524 g/mol. The van der Waals surface area contributed by atoms with Crippen molar-refractivity contribution >= 4 is 29.6 Å². The smallest absolute Gasteiger partial charge is 0.408 e. The Kier molecular flexibility index (Phi) is 8.95. The Morgan fingerprint density at radius 2 is 1.51 bits per heavy atom. The average molecular weight is 573 g/mol. The van der Waals surface area contributed by atoms with E-state index >= 15 is 0 Å². The van der Waals surface area contributed by atoms with Crippen molar-refractivity contribution in [3.8, 4) is 0 Å². The zero-order valence-corrected chi connectivity index (χ0v) is 24.7. The van der Waals surface area contributed by atoms with E-state index in [9.17, 15) is 24.0 Å². The van der Waals surface area contributed by atoms with Gasteiger partial charge in [0.05, 0.1) is 6.04 Å². The number of nitrogens with zero attached hydrogens (tertiary/aromatic N) is 1. The van der Waals surface area contributed by atoms with Crippen LogP contribution < -0.4 is 16.4 Å². The Morgan fingerprint density at radius 3 is 2.10 bits per heavy atom. The molecule has 10 heteroatoms. The second-order valence-electron chi connectivity index (χ2n) is 13.9. The molecular formula is C31H48N4O6. The number of rotatable bonds is 10. The highest BCUT2D eigenvalue weighted by molar-refractivity contribution is 6.37. The summed E-state index contributed by atoms with van der Waals surface area (Å²) in [7, 11) is 0. The van der Waals surface area contributed by atoms with E-state index in [1.165, 1.54) is 0 Å². The Balaban J connectivity index is 1.33. The molecule has 4 unspecified atom stereocenters. The number of amides is 4. The molecule has 4 N–H and O–H groups in total. The summed E-state index contributed by atoms with van der Waals surface area (Å²) < 4.78 is 5.74. The number of ketones is 1. The molecule has 0 aromatic rings. The van der Waals surface area contributed by atoms with Crippen LogP contribution >= 0.6 is 0 Å². The van der Waals surface area contributed by atoms with E-state index in [2.05, 4.69) is 24.5 Å². The highest BCUT2D eigenvalue weighted by Gasteiger charge is 2.69. The summed E-state index contributed by atoms with van der Waals surface area (Å²) in [4.78, 5) is 67.3. The van der Waals surface area contributed by atoms with Gasteiger partial charge in [-0.1, -0.05) is 58.8 Å². The van der Waals surface area contributed by atoms with Crippen LogP contribution in [0.15, 0.2) is 0 Å². The second-order valence-corrected chi connectivity index (χ2v) is 13.9. The third kappa shape index (κ3) is 6.41. The lowest BCUT2D eigenvalue weighted by Gasteiger charge is -2.37. The van der Waals surface area contributed by atoms with Crippen LogP contribution in [-0.4, -0.2) is 65.3 Å². The number of nitrogens with two attached hydrogens (primary N) is 1. The van der Waals surface area contributed by atoms with E-state index in [0.717, 1.165) is 83.5 Å². The van der Waals surface area contributed by atoms with Gasteiger partial charge in [0.1, 0.15) is 18.2 Å². The third-order valence-corrected chi connectivity index (χ3v) is 10.9. The number of likely N-dealkylation sites (tertiary alicyclic amines) is 1. The minimum Gasteiger partial charge on any atom is -0.446 e. The van der Waals surface area contributed by atoms with Crippen LogP contribution in [0.5, 0.6) is 0 Å². The first-order valence-electron chi connectivity index (χ1n) is 16.0. The molecule has 1 aliphatic heterocycles. The molecule has 1 heterocycles. The largest absolute Gasteiger partial charge is 0.446 e. The predicted molar refractivity (Wildman–Crippen MR) is 151 cm³/mol. The highest BCUT2D eigenvalue weighted by atomic mass is 16.6. The monoisotopic (exact) mass is 572 g/mol. The van der Waals surface area contributed by atoms with Crippen molar-refractivity contribution in [3.05, 3.63) is 0 Å². The Bertz CT molecular complexity index is 1030. The average Bonchev–Trinajstić information content (AvgIpc) is 3.25. The van der Waals surface area contributed by atoms with Gasteiger partial charge in [0, 0.05) is 6.54 Å². The summed E-state index contributed by atoms with van der Waals surface area (Å²) >= 11 is 0. The van der Waals surface area contributed by atoms with Crippen LogP contribution in [0.25, 0.3) is 0 Å². The number of carbonyl (C=O) groups excluding carboxylic acids is 5. The van der Waals surface area contributed by atoms with Crippen molar-refractivity contribution in [2.24, 2.45) is 34.8 Å². The molecule has 5 atom stereocenters. The second kappa shape index (κ2) is 12.3. The number of fused-ring (bicyclic) bond motifs is 1. The Labute approximate surface area is 243 Å². The number of piperidine rings is 1. The van der Waals surface area contributed by atoms with Gasteiger partial charge in [-0.2, -0.15) is 0 Å². The zero-order chi connectivity index (χ0) is 29.3. The van der Waals surface area contributed by atoms with Gasteiger partial charge in [0.25, 0.3) is 5.91 Å². The minimum absolute atomic E-state index is 0.0217. The standard InChI is InChI=1S/C31H48N4O6/c1-31(2)21-17-35(25(23(21)31)28(38)33-22(26(36)27(32)37)16-18-10-9-11-18)29(39)24(19-12-5-3-6-13-19)34-30(40)41-20-14-7-4-8-15-20/h18-25H,3-17H2,1-2H3,(H2,32,37)(H,33,38)(H,34,40)/t21?,22?,23?,24?,25-/m0/s1. The quantitative estimate of drug-likeness (QED) is 0.343. The maximum Gasteiger partial charge on any atom is 0.408 e. The number of carbonyl (C=O) groups is 5. The fraction of sp³-hybridized carbons (Fsp3) is 0.839. The number of Topliss-reactive ketones (excluding diaryl/α,β-unsaturated/α-hetero) is 1. The van der Waals surface area contributed by atoms with Crippen molar-refractivity contribution in [3.63, 3.8) is 0 Å². The number of primary amides is 1. The van der Waals surface area contributed by atoms with E-state index in [4.69, 9.17) is 10.5 Å². The van der Waals surface area contributed by atoms with Crippen LogP contribution in [0.2, 0.25) is 0 Å². The lowest BCUT2D eigenvalue weighted by Crippen LogP contribution is -2.59. The van der Waals surface area contributed by atoms with E-state index in [1.807, 2.05) is 0 Å². The first kappa shape index (κ1) is 29.8. The first-order valence-corrected chi connectivity index (χ1v) is 16.0. The van der Waals surface area contributed by atoms with Crippen LogP contribution in [0, 0.1) is 29.1 Å². The third-order valence-electron chi connectivity index (χ3n) is 10.9. The SMILES string of the molecule is CC1(C)C2CN(C(=O)C(NC(=O)OC3CCCCC3)C3CCCCC3)[C@H](C(=O)NC(CC3CCC3)C(=O)C(N)=O)C21. The van der Waals surface area contributed by atoms with E-state index in [1.54, 1.807) is 4.90 Å². The summed E-state index contributed by atoms with van der Waals surface area (Å²) in [5.41, 5.74) is 5.21. The summed E-state index contributed by atoms with van der Waals surface area (Å²) in [5, 5.41) is 5.77. The summed E-state index contributed by atoms with van der Waals surface area (Å²) in [6.07, 6.45) is 12.3. The molecule has 4 amide bonds. The van der Waals surface area contributed by atoms with Crippen LogP contribution in [-0.2, 0) is 23.9 Å². The fourth-order valence-electron chi connectivity index (χ4n) is 8.06. The van der Waals surface area contributed by atoms with Gasteiger partial charge in [-0.15, -0.1) is 0 Å². The fourth-order valence-corrected chi connectivity index (χ4v) is 8.06. The molecule has 5 aliphatic rings. The topological polar surface area (TPSA) is 148 Å². The number of nitrogens with one attached hydrogen (secondary N) is 2. The molecule has 5 fully saturated rings. The molecule has 0 radical (unpaired) electrons. The molecule has 4 saturated carbocycles. The van der Waals surface area contributed by atoms with Gasteiger partial charge >= 0.3 is 6.09 Å². The number of alkyl carbamates (subject to hydrolysis) is 1. The Morgan fingerprint density at radius 1 is 0.878 bits per heavy atom. The van der Waals surface area contributed by atoms with Gasteiger partial charge in [0.15, 0.2) is 0 Å². The molecule has 0 aromatic carbocycles. The Hall–Kier alpha value is -2.65. The molecule has 4 aliphatic carbocycles.